The van der Waals surface area contributed by atoms with Crippen molar-refractivity contribution in [3.8, 4) is 0 Å². The summed E-state index contributed by atoms with van der Waals surface area (Å²) in [5, 5.41) is 11.8. The molecule has 4 rings (SSSR count). The van der Waals surface area contributed by atoms with E-state index in [2.05, 4.69) is 0 Å². The lowest BCUT2D eigenvalue weighted by Crippen LogP contribution is -2.69. The number of ketones is 2. The van der Waals surface area contributed by atoms with Gasteiger partial charge in [-0.1, -0.05) is 46.3 Å². The summed E-state index contributed by atoms with van der Waals surface area (Å²) < 4.78 is 11.3. The summed E-state index contributed by atoms with van der Waals surface area (Å²) in [6.07, 6.45) is 6.18. The van der Waals surface area contributed by atoms with Crippen LogP contribution >= 0.6 is 11.6 Å². The van der Waals surface area contributed by atoms with Crippen LogP contribution in [0.4, 0.5) is 0 Å². The lowest BCUT2D eigenvalue weighted by Gasteiger charge is -2.64. The van der Waals surface area contributed by atoms with Gasteiger partial charge in [-0.25, -0.2) is 0 Å². The standard InChI is InChI=1S/C28H37ClO7/c1-6-23(33)35-15-22(32)28(36-24(34)7-2)16(3)12-20-19-9-8-17-13-18(30)10-11-25(17,4)27(19,29)21(31)14-26(20,28)5/h10-11,13,16,19-21,31H,6-9,12,14-15H2,1-5H3/t16-,19-,20-,21?,25-,26-,27-,28-/m0/s1. The summed E-state index contributed by atoms with van der Waals surface area (Å²) in [6.45, 7) is 8.61. The lowest BCUT2D eigenvalue weighted by atomic mass is 9.45. The van der Waals surface area contributed by atoms with E-state index in [-0.39, 0.29) is 42.8 Å². The molecule has 198 valence electrons. The van der Waals surface area contributed by atoms with Crippen LogP contribution in [0.1, 0.15) is 73.1 Å². The number of esters is 2. The van der Waals surface area contributed by atoms with Gasteiger partial charge < -0.3 is 14.6 Å². The van der Waals surface area contributed by atoms with Crippen molar-refractivity contribution in [3.63, 3.8) is 0 Å². The maximum Gasteiger partial charge on any atom is 0.306 e. The normalized spacial score (nSPS) is 43.1. The van der Waals surface area contributed by atoms with Crippen LogP contribution in [0.3, 0.4) is 0 Å². The summed E-state index contributed by atoms with van der Waals surface area (Å²) >= 11 is 7.48. The molecule has 3 saturated carbocycles. The fourth-order valence-electron chi connectivity index (χ4n) is 8.01. The number of hydrogen-bond donors (Lipinski definition) is 1. The predicted octanol–water partition coefficient (Wildman–Crippen LogP) is 4.09. The summed E-state index contributed by atoms with van der Waals surface area (Å²) in [7, 11) is 0. The Morgan fingerprint density at radius 2 is 1.81 bits per heavy atom. The molecule has 8 atom stereocenters. The molecule has 4 aliphatic rings. The molecule has 1 N–H and O–H groups in total. The van der Waals surface area contributed by atoms with Crippen molar-refractivity contribution in [3.05, 3.63) is 23.8 Å². The second-order valence-corrected chi connectivity index (χ2v) is 12.0. The summed E-state index contributed by atoms with van der Waals surface area (Å²) in [6, 6.07) is 0. The van der Waals surface area contributed by atoms with Crippen LogP contribution in [-0.2, 0) is 28.7 Å². The van der Waals surface area contributed by atoms with Gasteiger partial charge in [0.25, 0.3) is 0 Å². The van der Waals surface area contributed by atoms with E-state index in [0.717, 1.165) is 5.57 Å². The molecule has 1 unspecified atom stereocenters. The van der Waals surface area contributed by atoms with E-state index in [0.29, 0.717) is 19.3 Å². The van der Waals surface area contributed by atoms with E-state index < -0.39 is 51.7 Å². The summed E-state index contributed by atoms with van der Waals surface area (Å²) in [4.78, 5) is 49.5. The van der Waals surface area contributed by atoms with Gasteiger partial charge in [0.15, 0.2) is 18.0 Å². The van der Waals surface area contributed by atoms with Gasteiger partial charge in [0, 0.05) is 29.6 Å². The number of halogens is 1. The third-order valence-corrected chi connectivity index (χ3v) is 10.7. The monoisotopic (exact) mass is 520 g/mol. The van der Waals surface area contributed by atoms with Crippen molar-refractivity contribution in [1.29, 1.82) is 0 Å². The van der Waals surface area contributed by atoms with Crippen LogP contribution in [0.5, 0.6) is 0 Å². The first-order valence-corrected chi connectivity index (χ1v) is 13.4. The Bertz CT molecular complexity index is 1050. The van der Waals surface area contributed by atoms with E-state index in [1.165, 1.54) is 6.08 Å². The Morgan fingerprint density at radius 3 is 2.44 bits per heavy atom. The van der Waals surface area contributed by atoms with Gasteiger partial charge in [0.1, 0.15) is 0 Å². The van der Waals surface area contributed by atoms with E-state index in [1.54, 1.807) is 19.9 Å². The highest BCUT2D eigenvalue weighted by Gasteiger charge is 2.76. The van der Waals surface area contributed by atoms with E-state index in [4.69, 9.17) is 21.1 Å². The molecule has 0 saturated heterocycles. The molecule has 0 aromatic carbocycles. The minimum absolute atomic E-state index is 0.0801. The van der Waals surface area contributed by atoms with Crippen molar-refractivity contribution in [2.45, 2.75) is 89.7 Å². The minimum atomic E-state index is -1.55. The number of carbonyl (C=O) groups is 4. The predicted molar refractivity (Wildman–Crippen MR) is 133 cm³/mol. The third-order valence-electron chi connectivity index (χ3n) is 9.81. The molecule has 0 amide bonds. The van der Waals surface area contributed by atoms with Gasteiger partial charge in [-0.3, -0.25) is 19.2 Å². The Hall–Kier alpha value is -1.99. The average Bonchev–Trinajstić information content (AvgIpc) is 3.05. The number of allylic oxidation sites excluding steroid dienone is 4. The highest BCUT2D eigenvalue weighted by atomic mass is 35.5. The van der Waals surface area contributed by atoms with Gasteiger partial charge in [0.2, 0.25) is 5.78 Å². The largest absolute Gasteiger partial charge is 0.457 e. The van der Waals surface area contributed by atoms with Crippen molar-refractivity contribution in [2.75, 3.05) is 6.61 Å². The van der Waals surface area contributed by atoms with Crippen molar-refractivity contribution < 1.29 is 33.8 Å². The molecule has 4 aliphatic carbocycles. The molecule has 7 nitrogen and oxygen atoms in total. The van der Waals surface area contributed by atoms with E-state index >= 15 is 0 Å². The van der Waals surface area contributed by atoms with Crippen LogP contribution in [-0.4, -0.2) is 51.8 Å². The van der Waals surface area contributed by atoms with Crippen LogP contribution in [0.2, 0.25) is 0 Å². The SMILES string of the molecule is CCC(=O)OCC(=O)[C@@]1(OC(=O)CC)[C@@H](C)C[C@H]2[C@@H]3CCC4=CC(=O)C=C[C@]4(C)[C@@]3(Cl)C(O)C[C@@]21C. The van der Waals surface area contributed by atoms with Gasteiger partial charge in [-0.15, -0.1) is 11.6 Å². The van der Waals surface area contributed by atoms with Crippen LogP contribution in [0.15, 0.2) is 23.8 Å². The van der Waals surface area contributed by atoms with Crippen molar-refractivity contribution in [1.82, 2.24) is 0 Å². The molecule has 3 fully saturated rings. The molecule has 0 radical (unpaired) electrons. The summed E-state index contributed by atoms with van der Waals surface area (Å²) in [5.41, 5.74) is -2.27. The van der Waals surface area contributed by atoms with Crippen LogP contribution in [0, 0.1) is 28.6 Å². The highest BCUT2D eigenvalue weighted by Crippen LogP contribution is 2.72. The molecule has 0 aromatic rings. The maximum absolute atomic E-state index is 13.9. The number of hydrogen-bond acceptors (Lipinski definition) is 7. The van der Waals surface area contributed by atoms with Crippen LogP contribution in [0.25, 0.3) is 0 Å². The zero-order valence-corrected chi connectivity index (χ0v) is 22.5. The second kappa shape index (κ2) is 9.09. The second-order valence-electron chi connectivity index (χ2n) is 11.4. The molecular weight excluding hydrogens is 484 g/mol. The number of ether oxygens (including phenoxy) is 2. The van der Waals surface area contributed by atoms with E-state index in [1.807, 2.05) is 26.8 Å². The topological polar surface area (TPSA) is 107 Å². The fourth-order valence-corrected chi connectivity index (χ4v) is 8.53. The molecular formula is C28H37ClO7. The highest BCUT2D eigenvalue weighted by molar-refractivity contribution is 6.26. The number of alkyl halides is 1. The average molecular weight is 521 g/mol. The van der Waals surface area contributed by atoms with E-state index in [9.17, 15) is 24.3 Å². The molecule has 36 heavy (non-hydrogen) atoms. The van der Waals surface area contributed by atoms with Crippen LogP contribution < -0.4 is 0 Å². The third kappa shape index (κ3) is 3.48. The first-order chi connectivity index (χ1) is 16.8. The number of Topliss-reactive ketones (excluding diaryl/α,β-unsaturated/α-hetero) is 1. The van der Waals surface area contributed by atoms with Crippen molar-refractivity contribution in [2.24, 2.45) is 28.6 Å². The Balaban J connectivity index is 1.80. The summed E-state index contributed by atoms with van der Waals surface area (Å²) in [5.74, 6) is -2.24. The smallest absolute Gasteiger partial charge is 0.306 e. The number of aliphatic hydroxyl groups is 1. The Kier molecular flexibility index (Phi) is 6.83. The van der Waals surface area contributed by atoms with Gasteiger partial charge in [-0.2, -0.15) is 0 Å². The Labute approximate surface area is 217 Å². The quantitative estimate of drug-likeness (QED) is 0.415. The van der Waals surface area contributed by atoms with Gasteiger partial charge >= 0.3 is 11.9 Å². The van der Waals surface area contributed by atoms with Gasteiger partial charge in [0.05, 0.1) is 11.0 Å². The minimum Gasteiger partial charge on any atom is -0.457 e. The lowest BCUT2D eigenvalue weighted by molar-refractivity contribution is -0.203. The first-order valence-electron chi connectivity index (χ1n) is 13.0. The Morgan fingerprint density at radius 1 is 1.14 bits per heavy atom. The molecule has 0 aliphatic heterocycles. The number of fused-ring (bicyclic) bond motifs is 5. The van der Waals surface area contributed by atoms with Gasteiger partial charge in [-0.05, 0) is 49.7 Å². The zero-order valence-electron chi connectivity index (χ0n) is 21.8. The molecule has 8 heteroatoms. The molecule has 0 spiro atoms. The molecule has 0 aromatic heterocycles. The molecule has 0 bridgehead atoms. The first kappa shape index (κ1) is 27.1. The maximum atomic E-state index is 13.9. The zero-order chi connectivity index (χ0) is 26.7. The number of carbonyl (C=O) groups excluding carboxylic acids is 4. The van der Waals surface area contributed by atoms with Crippen molar-refractivity contribution >= 4 is 35.1 Å². The number of aliphatic hydroxyl groups excluding tert-OH is 1. The fraction of sp³-hybridized carbons (Fsp3) is 0.714. The molecule has 0 heterocycles. The number of rotatable bonds is 6.